The number of nitrogens with zero attached hydrogens (tertiary/aromatic N) is 2. The molecule has 0 spiro atoms. The molecule has 0 atom stereocenters. The molecule has 0 fully saturated rings. The molecule has 2 rings (SSSR count). The monoisotopic (exact) mass is 416 g/mol. The van der Waals surface area contributed by atoms with Gasteiger partial charge in [0, 0.05) is 22.6 Å². The number of nitrogens with one attached hydrogen (secondary N) is 2. The lowest BCUT2D eigenvalue weighted by Gasteiger charge is -2.00. The van der Waals surface area contributed by atoms with Crippen LogP contribution in [0.5, 0.6) is 0 Å². The SMILES string of the molecule is O=C(CCCC(=O)N/N=C/c1ccc(Cl)s1)N/N=C/c1ccc(Cl)s1. The summed E-state index contributed by atoms with van der Waals surface area (Å²) in [7, 11) is 0. The normalized spacial score (nSPS) is 11.3. The maximum Gasteiger partial charge on any atom is 0.240 e. The molecule has 0 unspecified atom stereocenters. The van der Waals surface area contributed by atoms with E-state index >= 15 is 0 Å². The third-order valence-electron chi connectivity index (χ3n) is 2.76. The standard InChI is InChI=1S/C15H14Cl2N4O2S2/c16-12-6-4-10(24-12)8-18-20-14(22)2-1-3-15(23)21-19-9-11-5-7-13(17)25-11/h4-9H,1-3H2,(H,20,22)(H,21,23)/b18-8+,19-9+. The molecule has 2 N–H and O–H groups in total. The zero-order valence-electron chi connectivity index (χ0n) is 12.9. The Labute approximate surface area is 162 Å². The Morgan fingerprint density at radius 3 is 1.68 bits per heavy atom. The van der Waals surface area contributed by atoms with Gasteiger partial charge in [-0.3, -0.25) is 9.59 Å². The Hall–Kier alpha value is -1.74. The fraction of sp³-hybridized carbons (Fsp3) is 0.200. The van der Waals surface area contributed by atoms with E-state index in [-0.39, 0.29) is 24.7 Å². The van der Waals surface area contributed by atoms with Crippen molar-refractivity contribution < 1.29 is 9.59 Å². The smallest absolute Gasteiger partial charge is 0.240 e. The second kappa shape index (κ2) is 10.3. The molecule has 2 aromatic heterocycles. The van der Waals surface area contributed by atoms with Crippen LogP contribution in [0.1, 0.15) is 29.0 Å². The largest absolute Gasteiger partial charge is 0.273 e. The van der Waals surface area contributed by atoms with E-state index in [9.17, 15) is 9.59 Å². The summed E-state index contributed by atoms with van der Waals surface area (Å²) in [6, 6.07) is 7.11. The van der Waals surface area contributed by atoms with Crippen molar-refractivity contribution in [2.24, 2.45) is 10.2 Å². The highest BCUT2D eigenvalue weighted by Gasteiger charge is 2.04. The molecule has 132 valence electrons. The zero-order valence-corrected chi connectivity index (χ0v) is 16.0. The van der Waals surface area contributed by atoms with Gasteiger partial charge in [0.25, 0.3) is 0 Å². The molecule has 2 aromatic rings. The summed E-state index contributed by atoms with van der Waals surface area (Å²) in [6.45, 7) is 0. The molecule has 0 aromatic carbocycles. The van der Waals surface area contributed by atoms with Crippen molar-refractivity contribution >= 4 is 70.1 Å². The average Bonchev–Trinajstić information content (AvgIpc) is 3.16. The van der Waals surface area contributed by atoms with Crippen molar-refractivity contribution in [3.05, 3.63) is 42.7 Å². The molecule has 0 bridgehead atoms. The molecule has 0 saturated heterocycles. The lowest BCUT2D eigenvalue weighted by Crippen LogP contribution is -2.20. The van der Waals surface area contributed by atoms with Crippen molar-refractivity contribution in [3.63, 3.8) is 0 Å². The number of carbonyl (C=O) groups is 2. The quantitative estimate of drug-likeness (QED) is 0.505. The van der Waals surface area contributed by atoms with Gasteiger partial charge in [-0.25, -0.2) is 10.9 Å². The van der Waals surface area contributed by atoms with Gasteiger partial charge in [-0.2, -0.15) is 10.2 Å². The fourth-order valence-corrected chi connectivity index (χ4v) is 3.52. The van der Waals surface area contributed by atoms with E-state index in [0.717, 1.165) is 9.75 Å². The summed E-state index contributed by atoms with van der Waals surface area (Å²) in [4.78, 5) is 24.9. The third kappa shape index (κ3) is 7.78. The number of hydrazone groups is 2. The summed E-state index contributed by atoms with van der Waals surface area (Å²) >= 11 is 14.3. The molecule has 2 amide bonds. The van der Waals surface area contributed by atoms with E-state index in [0.29, 0.717) is 15.1 Å². The van der Waals surface area contributed by atoms with Crippen molar-refractivity contribution in [2.75, 3.05) is 0 Å². The highest BCUT2D eigenvalue weighted by atomic mass is 35.5. The van der Waals surface area contributed by atoms with Crippen LogP contribution in [0.4, 0.5) is 0 Å². The number of carbonyl (C=O) groups excluding carboxylic acids is 2. The van der Waals surface area contributed by atoms with Gasteiger partial charge in [-0.05, 0) is 30.7 Å². The Morgan fingerprint density at radius 2 is 1.32 bits per heavy atom. The molecule has 10 heteroatoms. The maximum atomic E-state index is 11.6. The van der Waals surface area contributed by atoms with Crippen LogP contribution in [0.25, 0.3) is 0 Å². The van der Waals surface area contributed by atoms with Crippen LogP contribution in [-0.4, -0.2) is 24.2 Å². The summed E-state index contributed by atoms with van der Waals surface area (Å²) in [5, 5.41) is 7.66. The summed E-state index contributed by atoms with van der Waals surface area (Å²) in [5.41, 5.74) is 4.81. The van der Waals surface area contributed by atoms with Gasteiger partial charge in [0.15, 0.2) is 0 Å². The first-order valence-corrected chi connectivity index (χ1v) is 9.56. The van der Waals surface area contributed by atoms with Gasteiger partial charge in [0.1, 0.15) is 0 Å². The second-order valence-electron chi connectivity index (χ2n) is 4.72. The molecule has 2 heterocycles. The first-order valence-electron chi connectivity index (χ1n) is 7.17. The van der Waals surface area contributed by atoms with E-state index in [4.69, 9.17) is 23.2 Å². The molecule has 0 aliphatic rings. The number of thiophene rings is 2. The Balaban J connectivity index is 1.59. The molecule has 0 aliphatic heterocycles. The summed E-state index contributed by atoms with van der Waals surface area (Å²) < 4.78 is 1.31. The maximum absolute atomic E-state index is 11.6. The van der Waals surface area contributed by atoms with Gasteiger partial charge in [-0.15, -0.1) is 22.7 Å². The van der Waals surface area contributed by atoms with Gasteiger partial charge in [0.2, 0.25) is 11.8 Å². The minimum atomic E-state index is -0.261. The van der Waals surface area contributed by atoms with Gasteiger partial charge >= 0.3 is 0 Å². The van der Waals surface area contributed by atoms with E-state index in [1.807, 2.05) is 0 Å². The van der Waals surface area contributed by atoms with Crippen molar-refractivity contribution in [2.45, 2.75) is 19.3 Å². The Bertz CT molecular complexity index is 722. The van der Waals surface area contributed by atoms with Crippen LogP contribution < -0.4 is 10.9 Å². The molecular weight excluding hydrogens is 403 g/mol. The highest BCUT2D eigenvalue weighted by molar-refractivity contribution is 7.18. The molecule has 6 nitrogen and oxygen atoms in total. The minimum absolute atomic E-state index is 0.195. The van der Waals surface area contributed by atoms with Crippen molar-refractivity contribution in [1.29, 1.82) is 0 Å². The summed E-state index contributed by atoms with van der Waals surface area (Å²) in [6.07, 6.45) is 3.83. The van der Waals surface area contributed by atoms with Crippen LogP contribution in [0.3, 0.4) is 0 Å². The fourth-order valence-electron chi connectivity index (χ4n) is 1.65. The number of hydrogen-bond acceptors (Lipinski definition) is 6. The van der Waals surface area contributed by atoms with Crippen LogP contribution >= 0.6 is 45.9 Å². The Morgan fingerprint density at radius 1 is 0.880 bits per heavy atom. The third-order valence-corrected chi connectivity index (χ3v) is 5.09. The first kappa shape index (κ1) is 19.6. The van der Waals surface area contributed by atoms with Gasteiger partial charge in [0.05, 0.1) is 21.1 Å². The average molecular weight is 417 g/mol. The minimum Gasteiger partial charge on any atom is -0.273 e. The van der Waals surface area contributed by atoms with E-state index < -0.39 is 0 Å². The van der Waals surface area contributed by atoms with Crippen LogP contribution in [0.2, 0.25) is 8.67 Å². The summed E-state index contributed by atoms with van der Waals surface area (Å²) in [5.74, 6) is -0.521. The van der Waals surface area contributed by atoms with Crippen LogP contribution in [0.15, 0.2) is 34.5 Å². The number of rotatable bonds is 8. The van der Waals surface area contributed by atoms with E-state index in [1.165, 1.54) is 35.1 Å². The van der Waals surface area contributed by atoms with Crippen molar-refractivity contribution in [3.8, 4) is 0 Å². The second-order valence-corrected chi connectivity index (χ2v) is 8.22. The zero-order chi connectivity index (χ0) is 18.1. The molecular formula is C15H14Cl2N4O2S2. The van der Waals surface area contributed by atoms with Gasteiger partial charge in [-0.1, -0.05) is 23.2 Å². The van der Waals surface area contributed by atoms with E-state index in [2.05, 4.69) is 21.1 Å². The molecule has 0 saturated carbocycles. The van der Waals surface area contributed by atoms with Gasteiger partial charge < -0.3 is 0 Å². The lowest BCUT2D eigenvalue weighted by atomic mass is 10.2. The predicted molar refractivity (Wildman–Crippen MR) is 104 cm³/mol. The predicted octanol–water partition coefficient (Wildman–Crippen LogP) is 3.89. The molecule has 0 radical (unpaired) electrons. The number of amides is 2. The van der Waals surface area contributed by atoms with E-state index in [1.54, 1.807) is 24.3 Å². The Kier molecular flexibility index (Phi) is 8.07. The lowest BCUT2D eigenvalue weighted by molar-refractivity contribution is -0.122. The molecule has 25 heavy (non-hydrogen) atoms. The number of halogens is 2. The van der Waals surface area contributed by atoms with Crippen LogP contribution in [0, 0.1) is 0 Å². The highest BCUT2D eigenvalue weighted by Crippen LogP contribution is 2.20. The topological polar surface area (TPSA) is 82.9 Å². The van der Waals surface area contributed by atoms with Crippen molar-refractivity contribution in [1.82, 2.24) is 10.9 Å². The number of hydrogen-bond donors (Lipinski definition) is 2. The van der Waals surface area contributed by atoms with Crippen LogP contribution in [-0.2, 0) is 9.59 Å². The molecule has 0 aliphatic carbocycles. The first-order chi connectivity index (χ1) is 12.0.